The number of alkyl halides is 3. The molecule has 186 valence electrons. The van der Waals surface area contributed by atoms with Crippen molar-refractivity contribution in [2.24, 2.45) is 5.10 Å². The summed E-state index contributed by atoms with van der Waals surface area (Å²) >= 11 is 5.75. The van der Waals surface area contributed by atoms with Crippen LogP contribution in [0.2, 0.25) is 5.02 Å². The number of aromatic nitrogens is 1. The highest BCUT2D eigenvalue weighted by molar-refractivity contribution is 6.31. The highest BCUT2D eigenvalue weighted by Crippen LogP contribution is 2.36. The van der Waals surface area contributed by atoms with Crippen molar-refractivity contribution in [1.29, 1.82) is 0 Å². The van der Waals surface area contributed by atoms with Crippen LogP contribution in [0.3, 0.4) is 0 Å². The number of aryl methyl sites for hydroxylation is 2. The fourth-order valence-electron chi connectivity index (χ4n) is 3.78. The van der Waals surface area contributed by atoms with Gasteiger partial charge >= 0.3 is 6.18 Å². The van der Waals surface area contributed by atoms with Crippen molar-refractivity contribution in [3.05, 3.63) is 81.1 Å². The maximum absolute atomic E-state index is 13.3. The zero-order chi connectivity index (χ0) is 25.9. The highest BCUT2D eigenvalue weighted by atomic mass is 35.5. The third-order valence-corrected chi connectivity index (χ3v) is 5.86. The minimum Gasteiger partial charge on any atom is -0.483 e. The smallest absolute Gasteiger partial charge is 0.417 e. The lowest BCUT2D eigenvalue weighted by Gasteiger charge is -2.14. The van der Waals surface area contributed by atoms with Gasteiger partial charge in [0, 0.05) is 22.6 Å². The van der Waals surface area contributed by atoms with Gasteiger partial charge in [-0.15, -0.1) is 0 Å². The number of nitrogens with zero attached hydrogens (tertiary/aromatic N) is 2. The predicted molar refractivity (Wildman–Crippen MR) is 132 cm³/mol. The molecule has 1 heterocycles. The molecule has 0 saturated heterocycles. The van der Waals surface area contributed by atoms with E-state index in [2.05, 4.69) is 10.5 Å². The van der Waals surface area contributed by atoms with Crippen LogP contribution in [0.25, 0.3) is 5.69 Å². The maximum atomic E-state index is 13.3. The lowest BCUT2D eigenvalue weighted by atomic mass is 10.0. The molecule has 0 fully saturated rings. The summed E-state index contributed by atoms with van der Waals surface area (Å²) in [5.41, 5.74) is 5.90. The number of ether oxygens (including phenoxy) is 1. The molecule has 0 aliphatic carbocycles. The number of hydrogen-bond donors (Lipinski definition) is 1. The van der Waals surface area contributed by atoms with E-state index in [0.717, 1.165) is 17.2 Å². The number of nitrogens with one attached hydrogen (secondary N) is 1. The average Bonchev–Trinajstić information content (AvgIpc) is 3.05. The first-order chi connectivity index (χ1) is 16.4. The standard InChI is InChI=1S/C26H27ClF3N3O2/c1-15(2)21-8-6-16(3)10-24(21)35-14-25(34)32-31-13-19-11-17(4)33(18(19)5)20-7-9-23(27)22(12-20)26(28,29)30/h6-13,15H,14H2,1-5H3,(H,32,34)/b31-13+. The lowest BCUT2D eigenvalue weighted by molar-refractivity contribution is -0.137. The third kappa shape index (κ3) is 6.25. The van der Waals surface area contributed by atoms with Crippen LogP contribution in [0, 0.1) is 20.8 Å². The summed E-state index contributed by atoms with van der Waals surface area (Å²) in [7, 11) is 0. The van der Waals surface area contributed by atoms with Gasteiger partial charge in [-0.25, -0.2) is 5.43 Å². The van der Waals surface area contributed by atoms with Crippen molar-refractivity contribution < 1.29 is 22.7 Å². The minimum absolute atomic E-state index is 0.204. The van der Waals surface area contributed by atoms with Gasteiger partial charge in [0.25, 0.3) is 5.91 Å². The van der Waals surface area contributed by atoms with Crippen molar-refractivity contribution in [2.75, 3.05) is 6.61 Å². The van der Waals surface area contributed by atoms with Crippen molar-refractivity contribution in [3.63, 3.8) is 0 Å². The molecular weight excluding hydrogens is 479 g/mol. The second-order valence-electron chi connectivity index (χ2n) is 8.60. The van der Waals surface area contributed by atoms with Crippen molar-refractivity contribution in [1.82, 2.24) is 9.99 Å². The van der Waals surface area contributed by atoms with Gasteiger partial charge in [-0.05, 0) is 68.1 Å². The van der Waals surface area contributed by atoms with E-state index >= 15 is 0 Å². The summed E-state index contributed by atoms with van der Waals surface area (Å²) in [4.78, 5) is 12.2. The number of carbonyl (C=O) groups excluding carboxylic acids is 1. The SMILES string of the molecule is Cc1ccc(C(C)C)c(OCC(=O)N/N=C/c2cc(C)n(-c3ccc(Cl)c(C(F)(F)F)c3)c2C)c1. The summed E-state index contributed by atoms with van der Waals surface area (Å²) in [6, 6.07) is 11.4. The Kier molecular flexibility index (Phi) is 7.95. The van der Waals surface area contributed by atoms with E-state index in [1.165, 1.54) is 18.3 Å². The molecule has 2 aromatic carbocycles. The van der Waals surface area contributed by atoms with Crippen LogP contribution in [0.15, 0.2) is 47.6 Å². The molecule has 0 radical (unpaired) electrons. The number of carbonyl (C=O) groups is 1. The second kappa shape index (κ2) is 10.6. The minimum atomic E-state index is -4.56. The number of amides is 1. The van der Waals surface area contributed by atoms with Gasteiger partial charge in [-0.1, -0.05) is 37.6 Å². The molecule has 0 unspecified atom stereocenters. The van der Waals surface area contributed by atoms with E-state index in [0.29, 0.717) is 28.4 Å². The third-order valence-electron chi connectivity index (χ3n) is 5.53. The Hall–Kier alpha value is -3.26. The molecule has 3 aromatic rings. The van der Waals surface area contributed by atoms with Crippen LogP contribution < -0.4 is 10.2 Å². The van der Waals surface area contributed by atoms with Crippen LogP contribution in [-0.2, 0) is 11.0 Å². The summed E-state index contributed by atoms with van der Waals surface area (Å²) in [5.74, 6) is 0.470. The quantitative estimate of drug-likeness (QED) is 0.286. The summed E-state index contributed by atoms with van der Waals surface area (Å²) < 4.78 is 47.2. The number of hydrazone groups is 1. The molecule has 0 saturated carbocycles. The molecular formula is C26H27ClF3N3O2. The van der Waals surface area contributed by atoms with Gasteiger partial charge in [0.05, 0.1) is 16.8 Å². The first kappa shape index (κ1) is 26.3. The Balaban J connectivity index is 1.71. The molecule has 0 aliphatic rings. The Bertz CT molecular complexity index is 1260. The molecule has 35 heavy (non-hydrogen) atoms. The van der Waals surface area contributed by atoms with Crippen molar-refractivity contribution in [3.8, 4) is 11.4 Å². The molecule has 1 N–H and O–H groups in total. The van der Waals surface area contributed by atoms with Crippen LogP contribution in [0.1, 0.15) is 53.4 Å². The molecule has 0 spiro atoms. The van der Waals surface area contributed by atoms with E-state index in [-0.39, 0.29) is 17.5 Å². The number of hydrogen-bond acceptors (Lipinski definition) is 3. The van der Waals surface area contributed by atoms with Crippen LogP contribution >= 0.6 is 11.6 Å². The normalized spacial score (nSPS) is 11.9. The second-order valence-corrected chi connectivity index (χ2v) is 9.01. The van der Waals surface area contributed by atoms with Gasteiger partial charge in [0.2, 0.25) is 0 Å². The largest absolute Gasteiger partial charge is 0.483 e. The maximum Gasteiger partial charge on any atom is 0.417 e. The van der Waals surface area contributed by atoms with E-state index in [1.807, 2.05) is 39.0 Å². The topological polar surface area (TPSA) is 55.6 Å². The highest BCUT2D eigenvalue weighted by Gasteiger charge is 2.33. The summed E-state index contributed by atoms with van der Waals surface area (Å²) in [6.45, 7) is 9.37. The van der Waals surface area contributed by atoms with Crippen LogP contribution in [-0.4, -0.2) is 23.3 Å². The van der Waals surface area contributed by atoms with Gasteiger partial charge in [-0.2, -0.15) is 18.3 Å². The average molecular weight is 506 g/mol. The van der Waals surface area contributed by atoms with Crippen LogP contribution in [0.5, 0.6) is 5.75 Å². The first-order valence-electron chi connectivity index (χ1n) is 11.0. The number of halogens is 4. The van der Waals surface area contributed by atoms with E-state index in [1.54, 1.807) is 24.5 Å². The van der Waals surface area contributed by atoms with Crippen molar-refractivity contribution >= 4 is 23.7 Å². The lowest BCUT2D eigenvalue weighted by Crippen LogP contribution is -2.25. The summed E-state index contributed by atoms with van der Waals surface area (Å²) in [6.07, 6.45) is -3.11. The van der Waals surface area contributed by atoms with Gasteiger partial charge in [0.1, 0.15) is 5.75 Å². The monoisotopic (exact) mass is 505 g/mol. The number of rotatable bonds is 7. The van der Waals surface area contributed by atoms with Gasteiger partial charge < -0.3 is 9.30 Å². The molecule has 0 aliphatic heterocycles. The Morgan fingerprint density at radius 1 is 1.14 bits per heavy atom. The van der Waals surface area contributed by atoms with Crippen LogP contribution in [0.4, 0.5) is 13.2 Å². The molecule has 3 rings (SSSR count). The fourth-order valence-corrected chi connectivity index (χ4v) is 4.00. The molecule has 5 nitrogen and oxygen atoms in total. The molecule has 1 aromatic heterocycles. The Labute approximate surface area is 207 Å². The molecule has 0 atom stereocenters. The zero-order valence-corrected chi connectivity index (χ0v) is 20.9. The van der Waals surface area contributed by atoms with E-state index in [4.69, 9.17) is 16.3 Å². The molecule has 9 heteroatoms. The first-order valence-corrected chi connectivity index (χ1v) is 11.4. The number of benzene rings is 2. The van der Waals surface area contributed by atoms with Crippen molar-refractivity contribution in [2.45, 2.75) is 46.7 Å². The van der Waals surface area contributed by atoms with Gasteiger partial charge in [-0.3, -0.25) is 4.79 Å². The Morgan fingerprint density at radius 3 is 2.51 bits per heavy atom. The summed E-state index contributed by atoms with van der Waals surface area (Å²) in [5, 5.41) is 3.63. The predicted octanol–water partition coefficient (Wildman–Crippen LogP) is 6.73. The van der Waals surface area contributed by atoms with Gasteiger partial charge in [0.15, 0.2) is 6.61 Å². The van der Waals surface area contributed by atoms with E-state index in [9.17, 15) is 18.0 Å². The zero-order valence-electron chi connectivity index (χ0n) is 20.1. The molecule has 0 bridgehead atoms. The Morgan fingerprint density at radius 2 is 1.86 bits per heavy atom. The van der Waals surface area contributed by atoms with E-state index < -0.39 is 17.6 Å². The molecule has 1 amide bonds. The fraction of sp³-hybridized carbons (Fsp3) is 0.308.